The maximum atomic E-state index is 5.46. The molecule has 2 nitrogen and oxygen atoms in total. The second-order valence-electron chi connectivity index (χ2n) is 4.72. The lowest BCUT2D eigenvalue weighted by atomic mass is 9.84. The van der Waals surface area contributed by atoms with Gasteiger partial charge in [-0.25, -0.2) is 9.78 Å². The molecule has 0 aromatic rings. The van der Waals surface area contributed by atoms with Crippen molar-refractivity contribution in [2.24, 2.45) is 5.92 Å². The first-order chi connectivity index (χ1) is 7.36. The van der Waals surface area contributed by atoms with E-state index in [1.165, 1.54) is 44.9 Å². The van der Waals surface area contributed by atoms with Gasteiger partial charge >= 0.3 is 0 Å². The minimum atomic E-state index is 0.368. The van der Waals surface area contributed by atoms with Crippen molar-refractivity contribution in [2.45, 2.75) is 71.3 Å². The number of hydrogen-bond acceptors (Lipinski definition) is 2. The van der Waals surface area contributed by atoms with Crippen molar-refractivity contribution in [1.82, 2.24) is 0 Å². The summed E-state index contributed by atoms with van der Waals surface area (Å²) in [6.45, 7) is 5.19. The van der Waals surface area contributed by atoms with Gasteiger partial charge in [-0.15, -0.1) is 0 Å². The minimum absolute atomic E-state index is 0.368. The Kier molecular flexibility index (Phi) is 7.03. The largest absolute Gasteiger partial charge is 0.236 e. The lowest BCUT2D eigenvalue weighted by Gasteiger charge is -2.27. The molecule has 0 heterocycles. The molecule has 0 aliphatic heterocycles. The number of hydrogen-bond donors (Lipinski definition) is 0. The zero-order valence-electron chi connectivity index (χ0n) is 10.3. The number of unbranched alkanes of at least 4 members (excludes halogenated alkanes) is 1. The van der Waals surface area contributed by atoms with Gasteiger partial charge in [0.2, 0.25) is 0 Å². The standard InChI is InChI=1S/C13H26O2/c1-3-5-10-14-15-13-9-6-8-12(11-13)7-4-2/h12-13H,3-11H2,1-2H3. The van der Waals surface area contributed by atoms with Gasteiger partial charge in [-0.2, -0.15) is 0 Å². The molecule has 2 atom stereocenters. The summed E-state index contributed by atoms with van der Waals surface area (Å²) in [7, 11) is 0. The van der Waals surface area contributed by atoms with E-state index in [9.17, 15) is 0 Å². The van der Waals surface area contributed by atoms with Crippen LogP contribution >= 0.6 is 0 Å². The molecule has 1 aliphatic rings. The van der Waals surface area contributed by atoms with Crippen molar-refractivity contribution in [1.29, 1.82) is 0 Å². The van der Waals surface area contributed by atoms with E-state index in [1.807, 2.05) is 0 Å². The van der Waals surface area contributed by atoms with Gasteiger partial charge in [0, 0.05) is 0 Å². The monoisotopic (exact) mass is 214 g/mol. The maximum absolute atomic E-state index is 5.46. The maximum Gasteiger partial charge on any atom is 0.0932 e. The van der Waals surface area contributed by atoms with Crippen LogP contribution in [0.1, 0.15) is 65.2 Å². The molecule has 0 radical (unpaired) electrons. The second kappa shape index (κ2) is 8.12. The summed E-state index contributed by atoms with van der Waals surface area (Å²) in [5.41, 5.74) is 0. The van der Waals surface area contributed by atoms with Crippen molar-refractivity contribution in [3.63, 3.8) is 0 Å². The van der Waals surface area contributed by atoms with E-state index < -0.39 is 0 Å². The van der Waals surface area contributed by atoms with E-state index >= 15 is 0 Å². The van der Waals surface area contributed by atoms with Crippen molar-refractivity contribution >= 4 is 0 Å². The van der Waals surface area contributed by atoms with Crippen molar-refractivity contribution in [3.05, 3.63) is 0 Å². The Labute approximate surface area is 94.3 Å². The molecule has 0 spiro atoms. The van der Waals surface area contributed by atoms with E-state index in [4.69, 9.17) is 9.78 Å². The number of rotatable bonds is 7. The predicted octanol–water partition coefficient (Wildman–Crippen LogP) is 4.09. The molecule has 1 fully saturated rings. The summed E-state index contributed by atoms with van der Waals surface area (Å²) in [5.74, 6) is 0.878. The van der Waals surface area contributed by atoms with Crippen LogP contribution in [-0.2, 0) is 9.78 Å². The second-order valence-corrected chi connectivity index (χ2v) is 4.72. The van der Waals surface area contributed by atoms with E-state index in [2.05, 4.69) is 13.8 Å². The summed E-state index contributed by atoms with van der Waals surface area (Å²) < 4.78 is 0. The topological polar surface area (TPSA) is 18.5 Å². The Balaban J connectivity index is 2.07. The fourth-order valence-corrected chi connectivity index (χ4v) is 2.35. The molecule has 0 aromatic carbocycles. The molecule has 1 aliphatic carbocycles. The Morgan fingerprint density at radius 1 is 1.13 bits per heavy atom. The zero-order chi connectivity index (χ0) is 10.9. The smallest absolute Gasteiger partial charge is 0.0932 e. The van der Waals surface area contributed by atoms with Crippen LogP contribution in [-0.4, -0.2) is 12.7 Å². The van der Waals surface area contributed by atoms with Gasteiger partial charge in [-0.3, -0.25) is 0 Å². The van der Waals surface area contributed by atoms with Crippen molar-refractivity contribution in [2.75, 3.05) is 6.61 Å². The normalized spacial score (nSPS) is 26.8. The van der Waals surface area contributed by atoms with Gasteiger partial charge in [0.25, 0.3) is 0 Å². The van der Waals surface area contributed by atoms with Crippen LogP contribution in [0.2, 0.25) is 0 Å². The van der Waals surface area contributed by atoms with Gasteiger partial charge in [0.1, 0.15) is 0 Å². The molecular formula is C13H26O2. The van der Waals surface area contributed by atoms with Gasteiger partial charge in [0.15, 0.2) is 0 Å². The van der Waals surface area contributed by atoms with Crippen LogP contribution in [0.15, 0.2) is 0 Å². The first kappa shape index (κ1) is 13.0. The summed E-state index contributed by atoms with van der Waals surface area (Å²) in [4.78, 5) is 10.7. The molecule has 2 unspecified atom stereocenters. The molecule has 15 heavy (non-hydrogen) atoms. The quantitative estimate of drug-likeness (QED) is 0.361. The average molecular weight is 214 g/mol. The van der Waals surface area contributed by atoms with Crippen molar-refractivity contribution < 1.29 is 9.78 Å². The molecular weight excluding hydrogens is 188 g/mol. The van der Waals surface area contributed by atoms with E-state index in [-0.39, 0.29) is 0 Å². The average Bonchev–Trinajstić information content (AvgIpc) is 2.26. The highest BCUT2D eigenvalue weighted by Gasteiger charge is 2.22. The third kappa shape index (κ3) is 5.53. The highest BCUT2D eigenvalue weighted by molar-refractivity contribution is 4.72. The lowest BCUT2D eigenvalue weighted by molar-refractivity contribution is -0.330. The van der Waals surface area contributed by atoms with Crippen LogP contribution in [0, 0.1) is 5.92 Å². The fraction of sp³-hybridized carbons (Fsp3) is 1.00. The fourth-order valence-electron chi connectivity index (χ4n) is 2.35. The third-order valence-corrected chi connectivity index (χ3v) is 3.22. The molecule has 90 valence electrons. The van der Waals surface area contributed by atoms with Crippen LogP contribution in [0.4, 0.5) is 0 Å². The molecule has 2 heteroatoms. The Morgan fingerprint density at radius 3 is 2.73 bits per heavy atom. The Morgan fingerprint density at radius 2 is 2.00 bits per heavy atom. The zero-order valence-corrected chi connectivity index (χ0v) is 10.3. The molecule has 1 saturated carbocycles. The highest BCUT2D eigenvalue weighted by Crippen LogP contribution is 2.29. The van der Waals surface area contributed by atoms with E-state index in [1.54, 1.807) is 0 Å². The lowest BCUT2D eigenvalue weighted by Crippen LogP contribution is -2.23. The predicted molar refractivity (Wildman–Crippen MR) is 62.6 cm³/mol. The van der Waals surface area contributed by atoms with Gasteiger partial charge in [0.05, 0.1) is 12.7 Å². The van der Waals surface area contributed by atoms with E-state index in [0.717, 1.165) is 18.9 Å². The summed E-state index contributed by atoms with van der Waals surface area (Å²) in [6, 6.07) is 0. The van der Waals surface area contributed by atoms with Crippen LogP contribution in [0.5, 0.6) is 0 Å². The summed E-state index contributed by atoms with van der Waals surface area (Å²) in [5, 5.41) is 0. The highest BCUT2D eigenvalue weighted by atomic mass is 17.2. The molecule has 0 N–H and O–H groups in total. The van der Waals surface area contributed by atoms with Gasteiger partial charge < -0.3 is 0 Å². The molecule has 1 rings (SSSR count). The van der Waals surface area contributed by atoms with E-state index in [0.29, 0.717) is 6.10 Å². The van der Waals surface area contributed by atoms with Gasteiger partial charge in [-0.1, -0.05) is 46.0 Å². The van der Waals surface area contributed by atoms with Crippen LogP contribution in [0.3, 0.4) is 0 Å². The van der Waals surface area contributed by atoms with Crippen LogP contribution in [0.25, 0.3) is 0 Å². The third-order valence-electron chi connectivity index (χ3n) is 3.22. The molecule has 0 aromatic heterocycles. The van der Waals surface area contributed by atoms with Crippen LogP contribution < -0.4 is 0 Å². The van der Waals surface area contributed by atoms with Crippen molar-refractivity contribution in [3.8, 4) is 0 Å². The summed E-state index contributed by atoms with van der Waals surface area (Å²) in [6.07, 6.45) is 10.4. The first-order valence-corrected chi connectivity index (χ1v) is 6.65. The first-order valence-electron chi connectivity index (χ1n) is 6.65. The summed E-state index contributed by atoms with van der Waals surface area (Å²) >= 11 is 0. The SMILES string of the molecule is CCCCOOC1CCCC(CCC)C1. The Hall–Kier alpha value is -0.0800. The van der Waals surface area contributed by atoms with Gasteiger partial charge in [-0.05, 0) is 25.2 Å². The Bertz CT molecular complexity index is 145. The molecule has 0 bridgehead atoms. The molecule has 0 amide bonds. The minimum Gasteiger partial charge on any atom is -0.236 e. The molecule has 0 saturated heterocycles.